The number of nitriles is 1. The molecule has 4 aromatic rings. The van der Waals surface area contributed by atoms with Crippen molar-refractivity contribution in [2.45, 2.75) is 81.6 Å². The molecule has 4 fully saturated rings. The molecule has 0 bridgehead atoms. The molecule has 1 aromatic heterocycles. The Morgan fingerprint density at radius 1 is 1.06 bits per heavy atom. The van der Waals surface area contributed by atoms with Gasteiger partial charge in [0, 0.05) is 51.9 Å². The number of fused-ring (bicyclic) bond motifs is 1. The van der Waals surface area contributed by atoms with Gasteiger partial charge in [-0.05, 0) is 87.1 Å². The fraction of sp³-hybridized carbons (Fsp3) is 0.455. The molecular formula is C44H49F2N9O9S. The molecule has 1 unspecified atom stereocenters. The third kappa shape index (κ3) is 9.47. The van der Waals surface area contributed by atoms with E-state index in [9.17, 15) is 38.0 Å². The predicted octanol–water partition coefficient (Wildman–Crippen LogP) is 3.91. The largest absolute Gasteiger partial charge is 0.453 e. The molecule has 4 saturated heterocycles. The summed E-state index contributed by atoms with van der Waals surface area (Å²) in [6.45, 7) is 3.44. The van der Waals surface area contributed by atoms with Crippen LogP contribution in [0.15, 0.2) is 59.7 Å². The van der Waals surface area contributed by atoms with Gasteiger partial charge < -0.3 is 29.7 Å². The maximum Gasteiger partial charge on any atom is 0.301 e. The molecule has 3 amide bonds. The van der Waals surface area contributed by atoms with Crippen molar-refractivity contribution < 1.29 is 46.2 Å². The number of anilines is 3. The van der Waals surface area contributed by atoms with Crippen LogP contribution in [0.3, 0.4) is 0 Å². The van der Waals surface area contributed by atoms with E-state index in [-0.39, 0.29) is 79.1 Å². The van der Waals surface area contributed by atoms with E-state index in [4.69, 9.17) is 9.47 Å². The first-order chi connectivity index (χ1) is 31.0. The number of amides is 3. The Morgan fingerprint density at radius 3 is 2.51 bits per heavy atom. The van der Waals surface area contributed by atoms with Crippen LogP contribution in [0.4, 0.5) is 25.8 Å². The summed E-state index contributed by atoms with van der Waals surface area (Å²) in [4.78, 5) is 59.1. The van der Waals surface area contributed by atoms with E-state index in [0.717, 1.165) is 16.4 Å². The number of aliphatic hydroxyl groups is 1. The van der Waals surface area contributed by atoms with Crippen LogP contribution in [0.1, 0.15) is 69.9 Å². The van der Waals surface area contributed by atoms with E-state index in [0.29, 0.717) is 68.8 Å². The molecule has 0 aliphatic carbocycles. The average molecular weight is 918 g/mol. The molecule has 8 rings (SSSR count). The Kier molecular flexibility index (Phi) is 12.6. The molecule has 344 valence electrons. The minimum Gasteiger partial charge on any atom is -0.453 e. The zero-order chi connectivity index (χ0) is 46.3. The van der Waals surface area contributed by atoms with E-state index in [2.05, 4.69) is 20.3 Å². The van der Waals surface area contributed by atoms with Crippen molar-refractivity contribution in [3.05, 3.63) is 82.4 Å². The summed E-state index contributed by atoms with van der Waals surface area (Å²) in [5.41, 5.74) is -1.73. The summed E-state index contributed by atoms with van der Waals surface area (Å²) in [5.74, 6) is -2.90. The summed E-state index contributed by atoms with van der Waals surface area (Å²) in [6.07, 6.45) is 3.89. The van der Waals surface area contributed by atoms with Crippen LogP contribution in [-0.4, -0.2) is 114 Å². The first-order valence-electron chi connectivity index (χ1n) is 21.4. The van der Waals surface area contributed by atoms with Crippen molar-refractivity contribution in [1.82, 2.24) is 24.1 Å². The highest BCUT2D eigenvalue weighted by Crippen LogP contribution is 2.41. The number of halogens is 2. The van der Waals surface area contributed by atoms with Gasteiger partial charge in [-0.3, -0.25) is 33.8 Å². The normalized spacial score (nSPS) is 20.8. The van der Waals surface area contributed by atoms with Crippen molar-refractivity contribution in [2.24, 2.45) is 0 Å². The topological polar surface area (TPSA) is 229 Å². The van der Waals surface area contributed by atoms with Crippen LogP contribution in [0.25, 0.3) is 10.9 Å². The van der Waals surface area contributed by atoms with Gasteiger partial charge in [-0.15, -0.1) is 0 Å². The van der Waals surface area contributed by atoms with Gasteiger partial charge in [-0.25, -0.2) is 13.8 Å². The summed E-state index contributed by atoms with van der Waals surface area (Å²) in [7, 11) is -2.70. The highest BCUT2D eigenvalue weighted by atomic mass is 32.2. The zero-order valence-corrected chi connectivity index (χ0v) is 36.6. The monoisotopic (exact) mass is 917 g/mol. The highest BCUT2D eigenvalue weighted by Gasteiger charge is 2.45. The van der Waals surface area contributed by atoms with Gasteiger partial charge in [0.15, 0.2) is 11.6 Å². The smallest absolute Gasteiger partial charge is 0.301 e. The number of ether oxygens (including phenoxy) is 2. The van der Waals surface area contributed by atoms with Gasteiger partial charge in [0.2, 0.25) is 17.7 Å². The van der Waals surface area contributed by atoms with Crippen molar-refractivity contribution in [3.63, 3.8) is 0 Å². The van der Waals surface area contributed by atoms with Crippen LogP contribution in [0.2, 0.25) is 0 Å². The number of carbonyl (C=O) groups is 3. The number of imide groups is 1. The van der Waals surface area contributed by atoms with E-state index >= 15 is 8.78 Å². The molecule has 4 N–H and O–H groups in total. The molecule has 2 atom stereocenters. The minimum absolute atomic E-state index is 0.0170. The number of likely N-dealkylation sites (tertiary alicyclic amines) is 1. The van der Waals surface area contributed by atoms with Crippen molar-refractivity contribution in [3.8, 4) is 17.6 Å². The molecule has 4 aliphatic heterocycles. The Hall–Kier alpha value is -6.21. The van der Waals surface area contributed by atoms with Crippen molar-refractivity contribution in [2.75, 3.05) is 61.3 Å². The summed E-state index contributed by atoms with van der Waals surface area (Å²) in [5, 5.41) is 26.8. The number of nitrogens with one attached hydrogen (secondary N) is 3. The first-order valence-corrected chi connectivity index (χ1v) is 22.9. The molecule has 21 heteroatoms. The Balaban J connectivity index is 0.859. The quantitative estimate of drug-likeness (QED) is 0.148. The van der Waals surface area contributed by atoms with E-state index < -0.39 is 56.3 Å². The second-order valence-corrected chi connectivity index (χ2v) is 18.9. The maximum atomic E-state index is 15.3. The second-order valence-electron chi connectivity index (χ2n) is 17.1. The predicted molar refractivity (Wildman–Crippen MR) is 233 cm³/mol. The average Bonchev–Trinajstić information content (AvgIpc) is 3.68. The second kappa shape index (κ2) is 18.0. The molecule has 5 heterocycles. The van der Waals surface area contributed by atoms with Crippen LogP contribution in [-0.2, 0) is 29.3 Å². The molecule has 18 nitrogen and oxygen atoms in total. The Morgan fingerprint density at radius 2 is 1.82 bits per heavy atom. The van der Waals surface area contributed by atoms with Gasteiger partial charge >= 0.3 is 10.2 Å². The van der Waals surface area contributed by atoms with Crippen LogP contribution in [0, 0.1) is 23.0 Å². The number of hydrogen-bond donors (Lipinski definition) is 4. The van der Waals surface area contributed by atoms with E-state index in [1.165, 1.54) is 42.2 Å². The van der Waals surface area contributed by atoms with Gasteiger partial charge in [-0.2, -0.15) is 18.0 Å². The highest BCUT2D eigenvalue weighted by molar-refractivity contribution is 7.90. The lowest BCUT2D eigenvalue weighted by Crippen LogP contribution is -2.51. The number of piperidine rings is 3. The SMILES string of the molecule is CCN(C)S(=O)(=O)Nc1ccc(F)c(Oc2ccc3ncn([C@@H]4COC5(CCN(C(=O)CC6(O)CCN(c7ccc(NC8CCC(=O)NC8=O)cc7F)CC6)CC5)C4)c(=O)c3c2)c1C#N. The lowest BCUT2D eigenvalue weighted by molar-refractivity contribution is -0.142. The van der Waals surface area contributed by atoms with Gasteiger partial charge in [-0.1, -0.05) is 6.92 Å². The van der Waals surface area contributed by atoms with Gasteiger partial charge in [0.05, 0.1) is 58.9 Å². The number of rotatable bonds is 12. The van der Waals surface area contributed by atoms with Crippen molar-refractivity contribution in [1.29, 1.82) is 5.26 Å². The number of hydrogen-bond acceptors (Lipinski definition) is 13. The van der Waals surface area contributed by atoms with Gasteiger partial charge in [0.1, 0.15) is 29.2 Å². The molecule has 0 saturated carbocycles. The zero-order valence-electron chi connectivity index (χ0n) is 35.8. The fourth-order valence-electron chi connectivity index (χ4n) is 8.93. The number of carbonyl (C=O) groups excluding carboxylic acids is 3. The fourth-order valence-corrected chi connectivity index (χ4v) is 9.87. The van der Waals surface area contributed by atoms with E-state index in [1.54, 1.807) is 24.0 Å². The number of aromatic nitrogens is 2. The Labute approximate surface area is 373 Å². The van der Waals surface area contributed by atoms with Crippen molar-refractivity contribution >= 4 is 55.9 Å². The third-order valence-corrected chi connectivity index (χ3v) is 14.5. The van der Waals surface area contributed by atoms with Crippen LogP contribution < -0.4 is 30.6 Å². The summed E-state index contributed by atoms with van der Waals surface area (Å²) >= 11 is 0. The van der Waals surface area contributed by atoms with Gasteiger partial charge in [0.25, 0.3) is 5.56 Å². The molecular weight excluding hydrogens is 869 g/mol. The lowest BCUT2D eigenvalue weighted by Gasteiger charge is -2.42. The molecule has 1 spiro atoms. The third-order valence-electron chi connectivity index (χ3n) is 12.9. The maximum absolute atomic E-state index is 15.3. The Bertz CT molecular complexity index is 2750. The molecule has 65 heavy (non-hydrogen) atoms. The molecule has 3 aromatic carbocycles. The first kappa shape index (κ1) is 45.4. The van der Waals surface area contributed by atoms with E-state index in [1.807, 2.05) is 11.0 Å². The van der Waals surface area contributed by atoms with Crippen LogP contribution in [0.5, 0.6) is 11.5 Å². The minimum atomic E-state index is -4.04. The molecule has 4 aliphatic rings. The summed E-state index contributed by atoms with van der Waals surface area (Å²) in [6, 6.07) is 11.8. The standard InChI is InChI=1S/C44H49F2N9O9S/c1-3-52(2)65(61,62)51-35-8-6-32(45)40(31(35)24-47)64-29-5-7-34-30(21-29)42(59)55(26-48-34)28-22-44(63-25-28)14-18-54(19-15-44)39(57)23-43(60)12-16-53(17-13-43)37-10-4-27(20-33(37)46)49-36-9-11-38(56)50-41(36)58/h4-8,10,20-21,26,28,36,49,51,60H,3,9,11-19,22-23,25H2,1-2H3,(H,50,56,58)/t28-,36?/m0/s1. The van der Waals surface area contributed by atoms with Crippen LogP contribution >= 0.6 is 0 Å². The number of nitrogens with zero attached hydrogens (tertiary/aromatic N) is 6. The summed E-state index contributed by atoms with van der Waals surface area (Å²) < 4.78 is 72.7. The lowest BCUT2D eigenvalue weighted by atomic mass is 9.85. The molecule has 0 radical (unpaired) electrons. The number of benzene rings is 3.